The molecule has 5 heteroatoms. The van der Waals surface area contributed by atoms with Gasteiger partial charge in [0.05, 0.1) is 5.56 Å². The molecule has 0 aliphatic carbocycles. The molecular weight excluding hydrogens is 286 g/mol. The summed E-state index contributed by atoms with van der Waals surface area (Å²) >= 11 is 1.72. The highest BCUT2D eigenvalue weighted by atomic mass is 32.2. The van der Waals surface area contributed by atoms with E-state index in [1.54, 1.807) is 36.0 Å². The fourth-order valence-corrected chi connectivity index (χ4v) is 2.38. The molecule has 2 aromatic rings. The average Bonchev–Trinajstić information content (AvgIpc) is 2.48. The number of hydrogen-bond donors (Lipinski definition) is 2. The number of amides is 1. The number of thioether (sulfide) groups is 1. The Morgan fingerprint density at radius 2 is 1.81 bits per heavy atom. The van der Waals surface area contributed by atoms with Gasteiger partial charge in [0.2, 0.25) is 0 Å². The summed E-state index contributed by atoms with van der Waals surface area (Å²) in [6.07, 6.45) is 2.02. The lowest BCUT2D eigenvalue weighted by Gasteiger charge is -2.07. The van der Waals surface area contributed by atoms with Crippen molar-refractivity contribution in [3.8, 4) is 0 Å². The van der Waals surface area contributed by atoms with Gasteiger partial charge in [0.1, 0.15) is 0 Å². The molecule has 21 heavy (non-hydrogen) atoms. The molecule has 0 heterocycles. The maximum Gasteiger partial charge on any atom is 0.335 e. The molecule has 0 saturated heterocycles. The minimum atomic E-state index is -1.02. The van der Waals surface area contributed by atoms with E-state index in [4.69, 9.17) is 5.11 Å². The number of benzene rings is 2. The van der Waals surface area contributed by atoms with Crippen LogP contribution in [0.1, 0.15) is 26.3 Å². The van der Waals surface area contributed by atoms with Crippen molar-refractivity contribution in [2.75, 3.05) is 11.6 Å². The molecule has 2 N–H and O–H groups in total. The fraction of sp³-hybridized carbons (Fsp3) is 0.125. The van der Waals surface area contributed by atoms with E-state index in [1.165, 1.54) is 12.1 Å². The summed E-state index contributed by atoms with van der Waals surface area (Å²) in [7, 11) is 0. The molecule has 2 aromatic carbocycles. The molecule has 0 aliphatic rings. The van der Waals surface area contributed by atoms with E-state index in [9.17, 15) is 9.59 Å². The predicted octanol–water partition coefficient (Wildman–Crippen LogP) is 3.50. The molecule has 2 rings (SSSR count). The van der Waals surface area contributed by atoms with Gasteiger partial charge in [-0.1, -0.05) is 18.2 Å². The smallest absolute Gasteiger partial charge is 0.335 e. The van der Waals surface area contributed by atoms with Crippen molar-refractivity contribution in [3.63, 3.8) is 0 Å². The average molecular weight is 301 g/mol. The molecular formula is C16H15NO3S. The Morgan fingerprint density at radius 1 is 1.10 bits per heavy atom. The van der Waals surface area contributed by atoms with Crippen molar-refractivity contribution in [1.82, 2.24) is 0 Å². The number of aromatic carboxylic acids is 1. The summed E-state index contributed by atoms with van der Waals surface area (Å²) in [5.41, 5.74) is 2.31. The van der Waals surface area contributed by atoms with Crippen molar-refractivity contribution in [3.05, 3.63) is 65.2 Å². The first-order valence-electron chi connectivity index (χ1n) is 6.33. The zero-order valence-corrected chi connectivity index (χ0v) is 12.3. The summed E-state index contributed by atoms with van der Waals surface area (Å²) < 4.78 is 0. The lowest BCUT2D eigenvalue weighted by Crippen LogP contribution is -2.12. The van der Waals surface area contributed by atoms with Crippen LogP contribution in [-0.2, 0) is 5.75 Å². The summed E-state index contributed by atoms with van der Waals surface area (Å²) in [4.78, 5) is 23.0. The zero-order chi connectivity index (χ0) is 15.2. The van der Waals surface area contributed by atoms with Gasteiger partial charge in [0, 0.05) is 17.0 Å². The van der Waals surface area contributed by atoms with Crippen LogP contribution in [0.3, 0.4) is 0 Å². The van der Waals surface area contributed by atoms with E-state index in [1.807, 2.05) is 18.4 Å². The van der Waals surface area contributed by atoms with Gasteiger partial charge < -0.3 is 10.4 Å². The second-order valence-electron chi connectivity index (χ2n) is 4.47. The number of nitrogens with one attached hydrogen (secondary N) is 1. The third-order valence-corrected chi connectivity index (χ3v) is 3.52. The van der Waals surface area contributed by atoms with Crippen LogP contribution in [0.5, 0.6) is 0 Å². The van der Waals surface area contributed by atoms with Crippen LogP contribution < -0.4 is 5.32 Å². The molecule has 0 atom stereocenters. The van der Waals surface area contributed by atoms with Crippen LogP contribution in [-0.4, -0.2) is 23.2 Å². The Balaban J connectivity index is 2.10. The number of carbonyl (C=O) groups is 2. The SMILES string of the molecule is CSCc1ccc(C(=O)Nc2cccc(C(=O)O)c2)cc1. The molecule has 0 spiro atoms. The van der Waals surface area contributed by atoms with Crippen LogP contribution in [0, 0.1) is 0 Å². The van der Waals surface area contributed by atoms with Crippen molar-refractivity contribution in [1.29, 1.82) is 0 Å². The number of hydrogen-bond acceptors (Lipinski definition) is 3. The number of rotatable bonds is 5. The van der Waals surface area contributed by atoms with Crippen LogP contribution >= 0.6 is 11.8 Å². The van der Waals surface area contributed by atoms with E-state index >= 15 is 0 Å². The van der Waals surface area contributed by atoms with Gasteiger partial charge in [0.15, 0.2) is 0 Å². The van der Waals surface area contributed by atoms with E-state index in [0.717, 1.165) is 11.3 Å². The molecule has 4 nitrogen and oxygen atoms in total. The number of carboxylic acids is 1. The summed E-state index contributed by atoms with van der Waals surface area (Å²) in [6.45, 7) is 0. The second-order valence-corrected chi connectivity index (χ2v) is 5.34. The van der Waals surface area contributed by atoms with Gasteiger partial charge in [0.25, 0.3) is 5.91 Å². The van der Waals surface area contributed by atoms with Gasteiger partial charge in [-0.2, -0.15) is 11.8 Å². The molecule has 1 amide bonds. The Labute approximate surface area is 127 Å². The number of carbonyl (C=O) groups excluding carboxylic acids is 1. The van der Waals surface area contributed by atoms with Gasteiger partial charge in [-0.25, -0.2) is 4.79 Å². The summed E-state index contributed by atoms with van der Waals surface area (Å²) in [6, 6.07) is 13.5. The van der Waals surface area contributed by atoms with E-state index in [-0.39, 0.29) is 11.5 Å². The highest BCUT2D eigenvalue weighted by Crippen LogP contribution is 2.14. The quantitative estimate of drug-likeness (QED) is 0.887. The fourth-order valence-electron chi connectivity index (χ4n) is 1.85. The van der Waals surface area contributed by atoms with Crippen LogP contribution in [0.25, 0.3) is 0 Å². The molecule has 0 unspecified atom stereocenters. The molecule has 0 radical (unpaired) electrons. The Hall–Kier alpha value is -2.27. The molecule has 0 aromatic heterocycles. The van der Waals surface area contributed by atoms with Crippen molar-refractivity contribution in [2.24, 2.45) is 0 Å². The monoisotopic (exact) mass is 301 g/mol. The zero-order valence-electron chi connectivity index (χ0n) is 11.5. The third kappa shape index (κ3) is 4.10. The minimum absolute atomic E-state index is 0.142. The molecule has 108 valence electrons. The lowest BCUT2D eigenvalue weighted by molar-refractivity contribution is 0.0696. The third-order valence-electron chi connectivity index (χ3n) is 2.89. The van der Waals surface area contributed by atoms with Gasteiger partial charge >= 0.3 is 5.97 Å². The van der Waals surface area contributed by atoms with E-state index in [0.29, 0.717) is 11.3 Å². The van der Waals surface area contributed by atoms with Gasteiger partial charge in [-0.05, 0) is 42.2 Å². The molecule has 0 saturated carbocycles. The molecule has 0 aliphatic heterocycles. The van der Waals surface area contributed by atoms with Crippen LogP contribution in [0.15, 0.2) is 48.5 Å². The van der Waals surface area contributed by atoms with Crippen molar-refractivity contribution in [2.45, 2.75) is 5.75 Å². The maximum atomic E-state index is 12.1. The molecule has 0 bridgehead atoms. The first-order chi connectivity index (χ1) is 10.1. The highest BCUT2D eigenvalue weighted by molar-refractivity contribution is 7.97. The van der Waals surface area contributed by atoms with Gasteiger partial charge in [-0.3, -0.25) is 4.79 Å². The lowest BCUT2D eigenvalue weighted by atomic mass is 10.1. The topological polar surface area (TPSA) is 66.4 Å². The number of anilines is 1. The maximum absolute atomic E-state index is 12.1. The largest absolute Gasteiger partial charge is 0.478 e. The summed E-state index contributed by atoms with van der Waals surface area (Å²) in [5, 5.41) is 11.6. The van der Waals surface area contributed by atoms with Crippen LogP contribution in [0.2, 0.25) is 0 Å². The second kappa shape index (κ2) is 6.95. The van der Waals surface area contributed by atoms with Crippen molar-refractivity contribution < 1.29 is 14.7 Å². The highest BCUT2D eigenvalue weighted by Gasteiger charge is 2.08. The van der Waals surface area contributed by atoms with E-state index in [2.05, 4.69) is 5.32 Å². The Bertz CT molecular complexity index is 653. The minimum Gasteiger partial charge on any atom is -0.478 e. The summed E-state index contributed by atoms with van der Waals surface area (Å²) in [5.74, 6) is -0.372. The number of carboxylic acid groups (broad SMARTS) is 1. The van der Waals surface area contributed by atoms with Crippen LogP contribution in [0.4, 0.5) is 5.69 Å². The predicted molar refractivity (Wildman–Crippen MR) is 85.0 cm³/mol. The Morgan fingerprint density at radius 3 is 2.43 bits per heavy atom. The van der Waals surface area contributed by atoms with Crippen molar-refractivity contribution >= 4 is 29.3 Å². The first kappa shape index (κ1) is 15.1. The first-order valence-corrected chi connectivity index (χ1v) is 7.72. The normalized spacial score (nSPS) is 10.1. The van der Waals surface area contributed by atoms with Gasteiger partial charge in [-0.15, -0.1) is 0 Å². The Kier molecular flexibility index (Phi) is 5.00. The van der Waals surface area contributed by atoms with E-state index < -0.39 is 5.97 Å². The molecule has 0 fully saturated rings. The standard InChI is InChI=1S/C16H15NO3S/c1-21-10-11-5-7-12(8-6-11)15(18)17-14-4-2-3-13(9-14)16(19)20/h2-9H,10H2,1H3,(H,17,18)(H,19,20).